The summed E-state index contributed by atoms with van der Waals surface area (Å²) in [7, 11) is 0. The molecule has 7 heteroatoms. The third-order valence-corrected chi connectivity index (χ3v) is 4.79. The van der Waals surface area contributed by atoms with Gasteiger partial charge in [-0.15, -0.1) is 17.5 Å². The van der Waals surface area contributed by atoms with Gasteiger partial charge >= 0.3 is 0 Å². The zero-order chi connectivity index (χ0) is 17.1. The Hall–Kier alpha value is -1.92. The average Bonchev–Trinajstić information content (AvgIpc) is 2.96. The minimum atomic E-state index is -0.00431. The minimum absolute atomic E-state index is 0. The molecule has 2 N–H and O–H groups in total. The number of hydrogen-bond acceptors (Lipinski definition) is 4. The molecular formula is C18H26ClN5O. The Kier molecular flexibility index (Phi) is 6.56. The van der Waals surface area contributed by atoms with Crippen molar-refractivity contribution >= 4 is 18.3 Å². The van der Waals surface area contributed by atoms with Crippen LogP contribution in [0.3, 0.4) is 0 Å². The van der Waals surface area contributed by atoms with Gasteiger partial charge in [0.1, 0.15) is 0 Å². The molecule has 2 aromatic rings. The number of hydrogen-bond donors (Lipinski definition) is 1. The Bertz CT molecular complexity index is 701. The molecule has 1 aliphatic heterocycles. The molecular weight excluding hydrogens is 338 g/mol. The van der Waals surface area contributed by atoms with E-state index in [1.54, 1.807) is 4.68 Å². The number of carbonyl (C=O) groups excluding carboxylic acids is 1. The lowest BCUT2D eigenvalue weighted by Crippen LogP contribution is -2.52. The van der Waals surface area contributed by atoms with Gasteiger partial charge in [0.2, 0.25) is 5.91 Å². The van der Waals surface area contributed by atoms with Crippen molar-refractivity contribution in [2.24, 2.45) is 5.73 Å². The first-order valence-corrected chi connectivity index (χ1v) is 8.59. The lowest BCUT2D eigenvalue weighted by atomic mass is 9.96. The minimum Gasteiger partial charge on any atom is -0.338 e. The maximum atomic E-state index is 12.8. The molecule has 25 heavy (non-hydrogen) atoms. The molecule has 2 heterocycles. The fourth-order valence-electron chi connectivity index (χ4n) is 3.40. The Labute approximate surface area is 154 Å². The summed E-state index contributed by atoms with van der Waals surface area (Å²) in [5.41, 5.74) is 8.66. The van der Waals surface area contributed by atoms with Crippen molar-refractivity contribution < 1.29 is 4.79 Å². The van der Waals surface area contributed by atoms with Crippen LogP contribution in [0.5, 0.6) is 0 Å². The Balaban J connectivity index is 0.00000225. The summed E-state index contributed by atoms with van der Waals surface area (Å²) in [6.45, 7) is 4.72. The summed E-state index contributed by atoms with van der Waals surface area (Å²) in [4.78, 5) is 14.7. The molecule has 1 aromatic heterocycles. The highest BCUT2D eigenvalue weighted by Gasteiger charge is 2.30. The molecule has 6 nitrogen and oxygen atoms in total. The van der Waals surface area contributed by atoms with Gasteiger partial charge in [0, 0.05) is 18.6 Å². The number of carbonyl (C=O) groups is 1. The van der Waals surface area contributed by atoms with Crippen LogP contribution in [0.1, 0.15) is 37.6 Å². The van der Waals surface area contributed by atoms with Gasteiger partial charge in [-0.25, -0.2) is 4.68 Å². The van der Waals surface area contributed by atoms with E-state index in [1.807, 2.05) is 49.1 Å². The summed E-state index contributed by atoms with van der Waals surface area (Å²) in [6, 6.07) is 9.97. The monoisotopic (exact) mass is 363 g/mol. The second-order valence-corrected chi connectivity index (χ2v) is 6.56. The first kappa shape index (κ1) is 19.4. The first-order valence-electron chi connectivity index (χ1n) is 8.59. The highest BCUT2D eigenvalue weighted by Crippen LogP contribution is 2.21. The van der Waals surface area contributed by atoms with E-state index in [2.05, 4.69) is 10.3 Å². The second-order valence-electron chi connectivity index (χ2n) is 6.56. The largest absolute Gasteiger partial charge is 0.338 e. The van der Waals surface area contributed by atoms with Gasteiger partial charge in [0.15, 0.2) is 0 Å². The van der Waals surface area contributed by atoms with Crippen LogP contribution < -0.4 is 5.73 Å². The Morgan fingerprint density at radius 1 is 1.32 bits per heavy atom. The van der Waals surface area contributed by atoms with Crippen molar-refractivity contribution in [1.82, 2.24) is 19.9 Å². The molecule has 0 saturated carbocycles. The smallest absolute Gasteiger partial charge is 0.229 e. The van der Waals surface area contributed by atoms with E-state index < -0.39 is 0 Å². The van der Waals surface area contributed by atoms with Crippen LogP contribution in [0, 0.1) is 6.92 Å². The quantitative estimate of drug-likeness (QED) is 0.903. The third-order valence-electron chi connectivity index (χ3n) is 4.79. The number of para-hydroxylation sites is 1. The standard InChI is InChI=1S/C18H25N5O.ClH/c1-13(19)17-10-6-7-11-22(17)18(24)12-16-14(2)23(21-20-16)15-8-4-3-5-9-15;/h3-5,8-9,13,17H,6-7,10-12,19H2,1-2H3;1H. The normalized spacial score (nSPS) is 18.5. The van der Waals surface area contributed by atoms with Crippen LogP contribution in [-0.4, -0.2) is 44.4 Å². The van der Waals surface area contributed by atoms with Gasteiger partial charge < -0.3 is 10.6 Å². The number of benzene rings is 1. The SMILES string of the molecule is Cc1c(CC(=O)N2CCCCC2C(C)N)nnn1-c1ccccc1.Cl. The van der Waals surface area contributed by atoms with Crippen LogP contribution in [0.15, 0.2) is 30.3 Å². The molecule has 0 bridgehead atoms. The highest BCUT2D eigenvalue weighted by atomic mass is 35.5. The maximum Gasteiger partial charge on any atom is 0.229 e. The molecule has 136 valence electrons. The van der Waals surface area contributed by atoms with Crippen LogP contribution in [0.2, 0.25) is 0 Å². The summed E-state index contributed by atoms with van der Waals surface area (Å²) in [6.07, 6.45) is 3.45. The van der Waals surface area contributed by atoms with Gasteiger partial charge in [-0.3, -0.25) is 4.79 Å². The fourth-order valence-corrected chi connectivity index (χ4v) is 3.40. The molecule has 1 fully saturated rings. The molecule has 3 rings (SSSR count). The van der Waals surface area contributed by atoms with Crippen LogP contribution in [0.4, 0.5) is 0 Å². The number of rotatable bonds is 4. The van der Waals surface area contributed by atoms with Crippen LogP contribution >= 0.6 is 12.4 Å². The van der Waals surface area contributed by atoms with Crippen molar-refractivity contribution in [3.63, 3.8) is 0 Å². The van der Waals surface area contributed by atoms with Crippen molar-refractivity contribution in [2.75, 3.05) is 6.54 Å². The topological polar surface area (TPSA) is 77.0 Å². The van der Waals surface area contributed by atoms with E-state index in [9.17, 15) is 4.79 Å². The molecule has 1 aliphatic rings. The molecule has 1 amide bonds. The predicted octanol–water partition coefficient (Wildman–Crippen LogP) is 2.27. The Morgan fingerprint density at radius 2 is 2.04 bits per heavy atom. The zero-order valence-electron chi connectivity index (χ0n) is 14.8. The number of nitrogens with two attached hydrogens (primary N) is 1. The Morgan fingerprint density at radius 3 is 2.72 bits per heavy atom. The van der Waals surface area contributed by atoms with Crippen molar-refractivity contribution in [2.45, 2.75) is 51.6 Å². The third kappa shape index (κ3) is 4.19. The van der Waals surface area contributed by atoms with Gasteiger partial charge in [0.25, 0.3) is 0 Å². The highest BCUT2D eigenvalue weighted by molar-refractivity contribution is 5.85. The average molecular weight is 364 g/mol. The number of likely N-dealkylation sites (tertiary alicyclic amines) is 1. The maximum absolute atomic E-state index is 12.8. The van der Waals surface area contributed by atoms with E-state index in [0.29, 0.717) is 0 Å². The van der Waals surface area contributed by atoms with Crippen LogP contribution in [0.25, 0.3) is 5.69 Å². The number of halogens is 1. The lowest BCUT2D eigenvalue weighted by molar-refractivity contribution is -0.134. The second kappa shape index (κ2) is 8.45. The van der Waals surface area contributed by atoms with Gasteiger partial charge in [-0.1, -0.05) is 23.4 Å². The van der Waals surface area contributed by atoms with E-state index in [0.717, 1.165) is 42.9 Å². The van der Waals surface area contributed by atoms with E-state index in [-0.39, 0.29) is 36.8 Å². The van der Waals surface area contributed by atoms with Crippen molar-refractivity contribution in [1.29, 1.82) is 0 Å². The van der Waals surface area contributed by atoms with Gasteiger partial charge in [-0.2, -0.15) is 0 Å². The van der Waals surface area contributed by atoms with Crippen LogP contribution in [-0.2, 0) is 11.2 Å². The number of piperidine rings is 1. The molecule has 1 aromatic carbocycles. The molecule has 0 spiro atoms. The number of aromatic nitrogens is 3. The summed E-state index contributed by atoms with van der Waals surface area (Å²) >= 11 is 0. The molecule has 0 radical (unpaired) electrons. The molecule has 1 saturated heterocycles. The molecule has 2 atom stereocenters. The van der Waals surface area contributed by atoms with Crippen molar-refractivity contribution in [3.05, 3.63) is 41.7 Å². The zero-order valence-corrected chi connectivity index (χ0v) is 15.6. The lowest BCUT2D eigenvalue weighted by Gasteiger charge is -2.38. The summed E-state index contributed by atoms with van der Waals surface area (Å²) < 4.78 is 1.78. The first-order chi connectivity index (χ1) is 11.6. The number of nitrogens with zero attached hydrogens (tertiary/aromatic N) is 4. The van der Waals surface area contributed by atoms with Crippen molar-refractivity contribution in [3.8, 4) is 5.69 Å². The fraction of sp³-hybridized carbons (Fsp3) is 0.500. The predicted molar refractivity (Wildman–Crippen MR) is 100 cm³/mol. The van der Waals surface area contributed by atoms with Gasteiger partial charge in [-0.05, 0) is 45.2 Å². The van der Waals surface area contributed by atoms with Gasteiger partial charge in [0.05, 0.1) is 23.5 Å². The van der Waals surface area contributed by atoms with E-state index in [1.165, 1.54) is 0 Å². The summed E-state index contributed by atoms with van der Waals surface area (Å²) in [5, 5.41) is 8.44. The molecule has 2 unspecified atom stereocenters. The number of amides is 1. The summed E-state index contributed by atoms with van der Waals surface area (Å²) in [5.74, 6) is 0.0974. The van der Waals surface area contributed by atoms with E-state index in [4.69, 9.17) is 5.73 Å². The van der Waals surface area contributed by atoms with E-state index >= 15 is 0 Å². The molecule has 0 aliphatic carbocycles.